The van der Waals surface area contributed by atoms with Crippen LogP contribution in [0.25, 0.3) is 0 Å². The van der Waals surface area contributed by atoms with Crippen LogP contribution in [0.15, 0.2) is 47.2 Å². The van der Waals surface area contributed by atoms with Crippen LogP contribution in [0.5, 0.6) is 0 Å². The van der Waals surface area contributed by atoms with Crippen LogP contribution >= 0.6 is 11.3 Å². The molecular formula is C14H15NS. The molecule has 1 nitrogen and oxygen atoms in total. The first-order chi connectivity index (χ1) is 7.92. The molecule has 0 atom stereocenters. The number of hydrogen-bond acceptors (Lipinski definition) is 2. The van der Waals surface area contributed by atoms with Gasteiger partial charge in [-0.25, -0.2) is 0 Å². The molecule has 0 bridgehead atoms. The van der Waals surface area contributed by atoms with Crippen molar-refractivity contribution in [2.24, 2.45) is 0 Å². The maximum Gasteiger partial charge on any atom is 0.0450 e. The van der Waals surface area contributed by atoms with Gasteiger partial charge in [-0.05, 0) is 35.8 Å². The van der Waals surface area contributed by atoms with Crippen LogP contribution < -0.4 is 5.32 Å². The Morgan fingerprint density at radius 1 is 1.06 bits per heavy atom. The van der Waals surface area contributed by atoms with Crippen molar-refractivity contribution in [3.8, 4) is 0 Å². The van der Waals surface area contributed by atoms with Gasteiger partial charge in [0, 0.05) is 17.1 Å². The molecule has 1 saturated carbocycles. The topological polar surface area (TPSA) is 12.0 Å². The van der Waals surface area contributed by atoms with Crippen molar-refractivity contribution in [2.75, 3.05) is 5.32 Å². The zero-order chi connectivity index (χ0) is 10.8. The molecule has 1 fully saturated rings. The van der Waals surface area contributed by atoms with Gasteiger partial charge in [0.05, 0.1) is 0 Å². The van der Waals surface area contributed by atoms with Crippen LogP contribution in [0.1, 0.15) is 24.3 Å². The molecule has 0 spiro atoms. The van der Waals surface area contributed by atoms with Gasteiger partial charge >= 0.3 is 0 Å². The number of nitrogens with one attached hydrogen (secondary N) is 1. The second-order valence-electron chi connectivity index (χ2n) is 4.43. The van der Waals surface area contributed by atoms with Gasteiger partial charge in [-0.15, -0.1) is 0 Å². The van der Waals surface area contributed by atoms with Gasteiger partial charge in [0.25, 0.3) is 0 Å². The Balaban J connectivity index is 1.55. The predicted octanol–water partition coefficient (Wildman–Crippen LogP) is 4.11. The molecule has 2 heteroatoms. The molecule has 0 aliphatic heterocycles. The van der Waals surface area contributed by atoms with E-state index in [9.17, 15) is 0 Å². The maximum absolute atomic E-state index is 3.57. The molecule has 16 heavy (non-hydrogen) atoms. The predicted molar refractivity (Wildman–Crippen MR) is 70.1 cm³/mol. The Morgan fingerprint density at radius 3 is 2.56 bits per heavy atom. The molecule has 1 N–H and O–H groups in total. The van der Waals surface area contributed by atoms with Gasteiger partial charge in [-0.2, -0.15) is 11.3 Å². The molecule has 1 aliphatic carbocycles. The maximum atomic E-state index is 3.57. The van der Waals surface area contributed by atoms with Gasteiger partial charge < -0.3 is 5.32 Å². The molecule has 0 amide bonds. The molecule has 1 aromatic carbocycles. The Morgan fingerprint density at radius 2 is 1.88 bits per heavy atom. The summed E-state index contributed by atoms with van der Waals surface area (Å²) in [6.07, 6.45) is 2.53. The third-order valence-electron chi connectivity index (χ3n) is 3.30. The fourth-order valence-corrected chi connectivity index (χ4v) is 2.91. The lowest BCUT2D eigenvalue weighted by atomic mass is 9.76. The second kappa shape index (κ2) is 4.30. The highest BCUT2D eigenvalue weighted by molar-refractivity contribution is 7.08. The lowest BCUT2D eigenvalue weighted by molar-refractivity contribution is 0.374. The Labute approximate surface area is 100 Å². The Bertz CT molecular complexity index is 429. The van der Waals surface area contributed by atoms with Crippen molar-refractivity contribution in [3.05, 3.63) is 52.7 Å². The highest BCUT2D eigenvalue weighted by Crippen LogP contribution is 2.38. The van der Waals surface area contributed by atoms with Crippen LogP contribution in [0.3, 0.4) is 0 Å². The fraction of sp³-hybridized carbons (Fsp3) is 0.286. The van der Waals surface area contributed by atoms with E-state index < -0.39 is 0 Å². The van der Waals surface area contributed by atoms with Crippen molar-refractivity contribution in [1.82, 2.24) is 0 Å². The van der Waals surface area contributed by atoms with Gasteiger partial charge in [-0.1, -0.05) is 30.3 Å². The highest BCUT2D eigenvalue weighted by Gasteiger charge is 2.29. The first kappa shape index (κ1) is 9.91. The smallest absolute Gasteiger partial charge is 0.0450 e. The quantitative estimate of drug-likeness (QED) is 0.835. The average Bonchev–Trinajstić information content (AvgIpc) is 2.77. The minimum atomic E-state index is 0.666. The molecule has 0 unspecified atom stereocenters. The van der Waals surface area contributed by atoms with Crippen LogP contribution in [0.2, 0.25) is 0 Å². The van der Waals surface area contributed by atoms with Crippen molar-refractivity contribution < 1.29 is 0 Å². The summed E-state index contributed by atoms with van der Waals surface area (Å²) in [5.41, 5.74) is 2.77. The summed E-state index contributed by atoms with van der Waals surface area (Å²) in [4.78, 5) is 0. The Hall–Kier alpha value is -1.28. The molecular weight excluding hydrogens is 214 g/mol. The largest absolute Gasteiger partial charge is 0.382 e. The fourth-order valence-electron chi connectivity index (χ4n) is 2.32. The molecule has 1 aromatic heterocycles. The van der Waals surface area contributed by atoms with Gasteiger partial charge in [-0.3, -0.25) is 0 Å². The van der Waals surface area contributed by atoms with E-state index in [1.54, 1.807) is 11.3 Å². The van der Waals surface area contributed by atoms with E-state index in [4.69, 9.17) is 0 Å². The summed E-state index contributed by atoms with van der Waals surface area (Å²) in [6.45, 7) is 0. The summed E-state index contributed by atoms with van der Waals surface area (Å²) in [5.74, 6) is 0.761. The van der Waals surface area contributed by atoms with Gasteiger partial charge in [0.2, 0.25) is 0 Å². The minimum absolute atomic E-state index is 0.666. The summed E-state index contributed by atoms with van der Waals surface area (Å²) in [6, 6.07) is 13.7. The summed E-state index contributed by atoms with van der Waals surface area (Å²) in [5, 5.41) is 7.87. The van der Waals surface area contributed by atoms with Gasteiger partial charge in [0.15, 0.2) is 0 Å². The summed E-state index contributed by atoms with van der Waals surface area (Å²) in [7, 11) is 0. The van der Waals surface area contributed by atoms with E-state index in [1.807, 2.05) is 0 Å². The highest BCUT2D eigenvalue weighted by atomic mass is 32.1. The van der Waals surface area contributed by atoms with E-state index in [-0.39, 0.29) is 0 Å². The van der Waals surface area contributed by atoms with Crippen LogP contribution in [-0.2, 0) is 0 Å². The van der Waals surface area contributed by atoms with Crippen molar-refractivity contribution in [3.63, 3.8) is 0 Å². The van der Waals surface area contributed by atoms with Crippen LogP contribution in [0.4, 0.5) is 5.69 Å². The number of benzene rings is 1. The standard InChI is InChI=1S/C14H15NS/c1-2-4-11(5-3-1)12-8-14(9-12)15-13-6-7-16-10-13/h1-7,10,12,14-15H,8-9H2. The monoisotopic (exact) mass is 229 g/mol. The molecule has 82 valence electrons. The van der Waals surface area contributed by atoms with Gasteiger partial charge in [0.1, 0.15) is 0 Å². The van der Waals surface area contributed by atoms with Crippen molar-refractivity contribution in [2.45, 2.75) is 24.8 Å². The second-order valence-corrected chi connectivity index (χ2v) is 5.21. The summed E-state index contributed by atoms with van der Waals surface area (Å²) < 4.78 is 0. The number of thiophene rings is 1. The average molecular weight is 229 g/mol. The van der Waals surface area contributed by atoms with E-state index in [0.29, 0.717) is 6.04 Å². The van der Waals surface area contributed by atoms with E-state index >= 15 is 0 Å². The van der Waals surface area contributed by atoms with Crippen LogP contribution in [-0.4, -0.2) is 6.04 Å². The van der Waals surface area contributed by atoms with Crippen LogP contribution in [0, 0.1) is 0 Å². The zero-order valence-corrected chi connectivity index (χ0v) is 9.91. The summed E-state index contributed by atoms with van der Waals surface area (Å²) >= 11 is 1.75. The molecule has 0 saturated heterocycles. The molecule has 0 radical (unpaired) electrons. The first-order valence-corrected chi connectivity index (χ1v) is 6.70. The van der Waals surface area contributed by atoms with Crippen molar-refractivity contribution >= 4 is 17.0 Å². The number of rotatable bonds is 3. The minimum Gasteiger partial charge on any atom is -0.382 e. The van der Waals surface area contributed by atoms with E-state index in [0.717, 1.165) is 5.92 Å². The molecule has 1 heterocycles. The Kier molecular flexibility index (Phi) is 2.66. The van der Waals surface area contributed by atoms with E-state index in [2.05, 4.69) is 52.5 Å². The van der Waals surface area contributed by atoms with Crippen molar-refractivity contribution in [1.29, 1.82) is 0 Å². The third kappa shape index (κ3) is 1.98. The normalized spacial score (nSPS) is 23.8. The lowest BCUT2D eigenvalue weighted by Crippen LogP contribution is -2.33. The number of anilines is 1. The third-order valence-corrected chi connectivity index (χ3v) is 3.98. The molecule has 2 aromatic rings. The molecule has 3 rings (SSSR count). The molecule has 1 aliphatic rings. The SMILES string of the molecule is c1ccc(C2CC(Nc3ccsc3)C2)cc1. The first-order valence-electron chi connectivity index (χ1n) is 5.75. The van der Waals surface area contributed by atoms with E-state index in [1.165, 1.54) is 24.1 Å². The number of hydrogen-bond donors (Lipinski definition) is 1. The lowest BCUT2D eigenvalue weighted by Gasteiger charge is -2.36. The zero-order valence-electron chi connectivity index (χ0n) is 9.10.